The average Bonchev–Trinajstić information content (AvgIpc) is 2.96. The van der Waals surface area contributed by atoms with Crippen LogP contribution in [0, 0.1) is 17.3 Å². The molecule has 3 aliphatic rings. The summed E-state index contributed by atoms with van der Waals surface area (Å²) >= 11 is 0. The summed E-state index contributed by atoms with van der Waals surface area (Å²) in [5.74, 6) is 2.24. The predicted molar refractivity (Wildman–Crippen MR) is 112 cm³/mol. The number of rotatable bonds is 5. The Balaban J connectivity index is 1.53. The Morgan fingerprint density at radius 1 is 1.28 bits per heavy atom. The molecule has 3 aliphatic carbocycles. The van der Waals surface area contributed by atoms with Crippen LogP contribution in [0.25, 0.3) is 0 Å². The van der Waals surface area contributed by atoms with Gasteiger partial charge in [0.2, 0.25) is 5.91 Å². The van der Waals surface area contributed by atoms with Gasteiger partial charge < -0.3 is 9.50 Å². The molecule has 3 N–H and O–H groups in total. The minimum Gasteiger partial charge on any atom is -0.371 e. The summed E-state index contributed by atoms with van der Waals surface area (Å²) in [6, 6.07) is 5.89. The third-order valence-corrected chi connectivity index (χ3v) is 8.15. The summed E-state index contributed by atoms with van der Waals surface area (Å²) in [6.45, 7) is 4.43. The van der Waals surface area contributed by atoms with Gasteiger partial charge in [-0.1, -0.05) is 19.9 Å². The van der Waals surface area contributed by atoms with Crippen LogP contribution in [-0.2, 0) is 21.5 Å². The largest absolute Gasteiger partial charge is 0.380 e. The molecule has 0 aliphatic heterocycles. The molecule has 1 aromatic rings. The van der Waals surface area contributed by atoms with Gasteiger partial charge in [-0.25, -0.2) is 0 Å². The summed E-state index contributed by atoms with van der Waals surface area (Å²) in [4.78, 5) is 12.2. The van der Waals surface area contributed by atoms with E-state index >= 15 is 0 Å². The average molecular weight is 421 g/mol. The van der Waals surface area contributed by atoms with Crippen LogP contribution in [0.4, 0.5) is 0 Å². The van der Waals surface area contributed by atoms with E-state index in [1.165, 1.54) is 17.5 Å². The Bertz CT molecular complexity index is 900. The van der Waals surface area contributed by atoms with Crippen molar-refractivity contribution in [2.45, 2.75) is 77.2 Å². The Hall–Kier alpha value is -1.60. The van der Waals surface area contributed by atoms with Crippen LogP contribution in [0.2, 0.25) is 0 Å². The fourth-order valence-electron chi connectivity index (χ4n) is 6.48. The van der Waals surface area contributed by atoms with Crippen LogP contribution in [0.3, 0.4) is 0 Å². The van der Waals surface area contributed by atoms with Gasteiger partial charge in [0, 0.05) is 12.5 Å². The van der Waals surface area contributed by atoms with Crippen LogP contribution in [0.1, 0.15) is 75.8 Å². The Morgan fingerprint density at radius 2 is 2.07 bits per heavy atom. The monoisotopic (exact) mass is 420 g/mol. The second-order valence-corrected chi connectivity index (χ2v) is 10.5. The van der Waals surface area contributed by atoms with Crippen molar-refractivity contribution in [1.29, 1.82) is 0 Å². The highest BCUT2D eigenvalue weighted by Crippen LogP contribution is 2.61. The first-order valence-electron chi connectivity index (χ1n) is 10.9. The molecular formula is C22H32N2O4S. The summed E-state index contributed by atoms with van der Waals surface area (Å²) in [6.07, 6.45) is 8.01. The third-order valence-electron chi connectivity index (χ3n) is 7.72. The van der Waals surface area contributed by atoms with E-state index in [2.05, 4.69) is 12.2 Å². The van der Waals surface area contributed by atoms with E-state index in [9.17, 15) is 13.2 Å². The lowest BCUT2D eigenvalue weighted by Crippen LogP contribution is -2.50. The van der Waals surface area contributed by atoms with E-state index < -0.39 is 10.3 Å². The van der Waals surface area contributed by atoms with E-state index in [1.807, 2.05) is 19.1 Å². The zero-order chi connectivity index (χ0) is 20.8. The lowest BCUT2D eigenvalue weighted by molar-refractivity contribution is -0.123. The molecule has 7 heteroatoms. The van der Waals surface area contributed by atoms with Crippen molar-refractivity contribution in [2.75, 3.05) is 0 Å². The van der Waals surface area contributed by atoms with E-state index in [1.54, 1.807) is 6.07 Å². The summed E-state index contributed by atoms with van der Waals surface area (Å²) < 4.78 is 27.3. The molecule has 1 amide bonds. The van der Waals surface area contributed by atoms with E-state index in [-0.39, 0.29) is 11.3 Å². The molecule has 0 aromatic heterocycles. The molecule has 0 saturated heterocycles. The maximum absolute atomic E-state index is 12.2. The fourth-order valence-corrected chi connectivity index (χ4v) is 6.85. The van der Waals surface area contributed by atoms with Gasteiger partial charge in [-0.15, -0.1) is 0 Å². The van der Waals surface area contributed by atoms with Gasteiger partial charge in [0.05, 0.1) is 0 Å². The van der Waals surface area contributed by atoms with Gasteiger partial charge in [-0.2, -0.15) is 13.6 Å². The van der Waals surface area contributed by atoms with Crippen LogP contribution >= 0.6 is 0 Å². The smallest absolute Gasteiger partial charge is 0.371 e. The normalized spacial score (nSPS) is 33.3. The minimum atomic E-state index is -4.00. The topological polar surface area (TPSA) is 98.5 Å². The highest BCUT2D eigenvalue weighted by atomic mass is 32.2. The Kier molecular flexibility index (Phi) is 5.40. The highest BCUT2D eigenvalue weighted by molar-refractivity contribution is 7.84. The highest BCUT2D eigenvalue weighted by Gasteiger charge is 2.55. The van der Waals surface area contributed by atoms with Gasteiger partial charge in [-0.05, 0) is 91.4 Å². The number of benzene rings is 1. The zero-order valence-electron chi connectivity index (χ0n) is 17.3. The standard InChI is InChI=1S/C22H32N2O4S/c1-3-4-21(25)24-20-10-9-19-18-7-5-14-13-15(28-29(23,26)27)6-8-16(14)17(18)11-12-22(19,20)2/h6,8,13,17-20H,3-5,7,9-12H2,1-2H3,(H,24,25)(H2,23,26,27)/t17-,18-,19+,20+,22+/m1/s1. The molecule has 0 bridgehead atoms. The van der Waals surface area contributed by atoms with Crippen LogP contribution in [-0.4, -0.2) is 20.4 Å². The number of fused-ring (bicyclic) bond motifs is 5. The summed E-state index contributed by atoms with van der Waals surface area (Å²) in [5, 5.41) is 8.35. The molecule has 4 rings (SSSR count). The first-order valence-corrected chi connectivity index (χ1v) is 12.3. The molecule has 29 heavy (non-hydrogen) atoms. The molecule has 0 unspecified atom stereocenters. The molecular weight excluding hydrogens is 388 g/mol. The van der Waals surface area contributed by atoms with E-state index in [0.29, 0.717) is 36.0 Å². The summed E-state index contributed by atoms with van der Waals surface area (Å²) in [5.41, 5.74) is 2.70. The lowest BCUT2D eigenvalue weighted by Gasteiger charge is -2.51. The molecule has 0 radical (unpaired) electrons. The zero-order valence-corrected chi connectivity index (χ0v) is 18.1. The second-order valence-electron chi connectivity index (χ2n) is 9.34. The van der Waals surface area contributed by atoms with Crippen LogP contribution in [0.5, 0.6) is 5.75 Å². The molecule has 1 aromatic carbocycles. The van der Waals surface area contributed by atoms with Gasteiger partial charge in [0.1, 0.15) is 5.75 Å². The molecule has 160 valence electrons. The molecule has 5 atom stereocenters. The molecule has 0 heterocycles. The number of hydrogen-bond acceptors (Lipinski definition) is 4. The molecule has 2 fully saturated rings. The van der Waals surface area contributed by atoms with Gasteiger partial charge in [-0.3, -0.25) is 4.79 Å². The van der Waals surface area contributed by atoms with Gasteiger partial charge >= 0.3 is 10.3 Å². The number of hydrogen-bond donors (Lipinski definition) is 2. The molecule has 2 saturated carbocycles. The maximum Gasteiger partial charge on any atom is 0.380 e. The van der Waals surface area contributed by atoms with Crippen molar-refractivity contribution in [1.82, 2.24) is 5.32 Å². The van der Waals surface area contributed by atoms with Crippen LogP contribution in [0.15, 0.2) is 18.2 Å². The number of nitrogens with one attached hydrogen (secondary N) is 1. The van der Waals surface area contributed by atoms with Crippen molar-refractivity contribution in [2.24, 2.45) is 22.4 Å². The first-order chi connectivity index (χ1) is 13.7. The van der Waals surface area contributed by atoms with Crippen LogP contribution < -0.4 is 14.6 Å². The Morgan fingerprint density at radius 3 is 2.79 bits per heavy atom. The number of nitrogens with two attached hydrogens (primary N) is 1. The van der Waals surface area contributed by atoms with Gasteiger partial charge in [0.25, 0.3) is 0 Å². The van der Waals surface area contributed by atoms with Gasteiger partial charge in [0.15, 0.2) is 0 Å². The maximum atomic E-state index is 12.2. The van der Waals surface area contributed by atoms with Crippen molar-refractivity contribution < 1.29 is 17.4 Å². The minimum absolute atomic E-state index is 0.179. The third kappa shape index (κ3) is 3.91. The Labute approximate surface area is 173 Å². The number of amides is 1. The lowest BCUT2D eigenvalue weighted by atomic mass is 9.55. The summed E-state index contributed by atoms with van der Waals surface area (Å²) in [7, 11) is -4.00. The van der Waals surface area contributed by atoms with E-state index in [4.69, 9.17) is 9.32 Å². The van der Waals surface area contributed by atoms with Crippen molar-refractivity contribution >= 4 is 16.2 Å². The molecule has 6 nitrogen and oxygen atoms in total. The first kappa shape index (κ1) is 20.7. The quantitative estimate of drug-likeness (QED) is 0.762. The van der Waals surface area contributed by atoms with E-state index in [0.717, 1.165) is 38.5 Å². The van der Waals surface area contributed by atoms with Crippen molar-refractivity contribution in [3.8, 4) is 5.75 Å². The van der Waals surface area contributed by atoms with Crippen molar-refractivity contribution in [3.63, 3.8) is 0 Å². The number of aryl methyl sites for hydroxylation is 1. The molecule has 0 spiro atoms. The second kappa shape index (κ2) is 7.58. The fraction of sp³-hybridized carbons (Fsp3) is 0.682. The number of carbonyl (C=O) groups excluding carboxylic acids is 1. The van der Waals surface area contributed by atoms with Crippen molar-refractivity contribution in [3.05, 3.63) is 29.3 Å². The SMILES string of the molecule is CCCC(=O)N[C@H]1CC[C@H]2[C@@H]3CCc4cc(OS(N)(=O)=O)ccc4[C@H]3CC[C@]12C. The predicted octanol–water partition coefficient (Wildman–Crippen LogP) is 3.41. The number of carbonyl (C=O) groups is 1.